The summed E-state index contributed by atoms with van der Waals surface area (Å²) in [6, 6.07) is 13.6. The number of piperazine rings is 1. The van der Waals surface area contributed by atoms with Gasteiger partial charge < -0.3 is 14.7 Å². The first-order chi connectivity index (χ1) is 17.8. The number of nitrogens with one attached hydrogen (secondary N) is 1. The molecule has 2 fully saturated rings. The maximum Gasteiger partial charge on any atom is 0.259 e. The lowest BCUT2D eigenvalue weighted by Gasteiger charge is -2.34. The van der Waals surface area contributed by atoms with Gasteiger partial charge in [0.25, 0.3) is 11.6 Å². The number of aromatic nitrogens is 4. The van der Waals surface area contributed by atoms with Gasteiger partial charge in [0.1, 0.15) is 5.69 Å². The molecule has 184 valence electrons. The topological polar surface area (TPSA) is 100 Å². The van der Waals surface area contributed by atoms with Gasteiger partial charge in [-0.05, 0) is 37.9 Å². The average molecular weight is 484 g/mol. The van der Waals surface area contributed by atoms with Crippen molar-refractivity contribution in [1.29, 1.82) is 0 Å². The maximum atomic E-state index is 13.3. The highest BCUT2D eigenvalue weighted by molar-refractivity contribution is 6.09. The van der Waals surface area contributed by atoms with Crippen LogP contribution in [-0.4, -0.2) is 70.2 Å². The minimum atomic E-state index is -0.101. The zero-order valence-electron chi connectivity index (χ0n) is 20.1. The first-order valence-electron chi connectivity index (χ1n) is 12.6. The molecular formula is C27H29N7O2. The molecule has 0 atom stereocenters. The summed E-state index contributed by atoms with van der Waals surface area (Å²) in [6.45, 7) is 5.28. The smallest absolute Gasteiger partial charge is 0.259 e. The molecule has 1 saturated carbocycles. The highest BCUT2D eigenvalue weighted by Crippen LogP contribution is 2.41. The summed E-state index contributed by atoms with van der Waals surface area (Å²) in [4.78, 5) is 31.4. The van der Waals surface area contributed by atoms with Crippen molar-refractivity contribution in [3.63, 3.8) is 0 Å². The minimum absolute atomic E-state index is 0.101. The zero-order valence-corrected chi connectivity index (χ0v) is 20.1. The Morgan fingerprint density at radius 1 is 1.03 bits per heavy atom. The van der Waals surface area contributed by atoms with E-state index in [1.165, 1.54) is 0 Å². The Bertz CT molecular complexity index is 1330. The van der Waals surface area contributed by atoms with Gasteiger partial charge in [0.2, 0.25) is 5.95 Å². The van der Waals surface area contributed by atoms with E-state index in [2.05, 4.69) is 35.2 Å². The highest BCUT2D eigenvalue weighted by atomic mass is 16.5. The zero-order chi connectivity index (χ0) is 24.3. The molecule has 36 heavy (non-hydrogen) atoms. The van der Waals surface area contributed by atoms with Gasteiger partial charge in [-0.15, -0.1) is 0 Å². The summed E-state index contributed by atoms with van der Waals surface area (Å²) in [6.07, 6.45) is 6.65. The lowest BCUT2D eigenvalue weighted by molar-refractivity contribution is 0.0953. The van der Waals surface area contributed by atoms with Crippen molar-refractivity contribution in [2.45, 2.75) is 25.2 Å². The van der Waals surface area contributed by atoms with E-state index >= 15 is 0 Å². The fraction of sp³-hybridized carbons (Fsp3) is 0.370. The first-order valence-corrected chi connectivity index (χ1v) is 12.6. The summed E-state index contributed by atoms with van der Waals surface area (Å²) < 4.78 is 5.60. The Labute approximate surface area is 209 Å². The molecule has 4 aromatic rings. The monoisotopic (exact) mass is 483 g/mol. The predicted molar refractivity (Wildman–Crippen MR) is 137 cm³/mol. The molecule has 1 saturated heterocycles. The van der Waals surface area contributed by atoms with Crippen LogP contribution in [-0.2, 0) is 0 Å². The number of amides is 1. The largest absolute Gasteiger partial charge is 0.352 e. The molecule has 6 rings (SSSR count). The minimum Gasteiger partial charge on any atom is -0.352 e. The Hall–Kier alpha value is -3.85. The number of hydrogen-bond acceptors (Lipinski definition) is 8. The van der Waals surface area contributed by atoms with Gasteiger partial charge in [0.15, 0.2) is 0 Å². The van der Waals surface area contributed by atoms with Crippen LogP contribution in [0.5, 0.6) is 0 Å². The number of anilines is 1. The molecule has 3 aromatic heterocycles. The van der Waals surface area contributed by atoms with E-state index in [0.29, 0.717) is 34.8 Å². The van der Waals surface area contributed by atoms with Crippen LogP contribution in [0.1, 0.15) is 41.2 Å². The molecule has 1 N–H and O–H groups in total. The standard InChI is InChI=1S/C27H29N7O2/c35-25(28-12-5-13-33-14-16-34(17-15-33)27-29-10-4-11-30-27)21-18-22(19-8-9-19)31-26-23(21)24(32-36-26)20-6-2-1-3-7-20/h1-4,6-7,10-11,18-19H,5,8-9,12-17H2,(H,28,35). The van der Waals surface area contributed by atoms with Gasteiger partial charge in [-0.2, -0.15) is 0 Å². The van der Waals surface area contributed by atoms with E-state index < -0.39 is 0 Å². The third kappa shape index (κ3) is 4.79. The molecule has 1 aromatic carbocycles. The molecule has 0 radical (unpaired) electrons. The fourth-order valence-corrected chi connectivity index (χ4v) is 4.76. The van der Waals surface area contributed by atoms with Crippen molar-refractivity contribution in [3.8, 4) is 11.3 Å². The highest BCUT2D eigenvalue weighted by Gasteiger charge is 2.29. The molecule has 0 unspecified atom stereocenters. The van der Waals surface area contributed by atoms with Crippen LogP contribution in [0.4, 0.5) is 5.95 Å². The van der Waals surface area contributed by atoms with Crippen LogP contribution in [0, 0.1) is 0 Å². The molecule has 9 heteroatoms. The lowest BCUT2D eigenvalue weighted by atomic mass is 10.0. The van der Waals surface area contributed by atoms with Crippen molar-refractivity contribution in [2.24, 2.45) is 0 Å². The quantitative estimate of drug-likeness (QED) is 0.380. The van der Waals surface area contributed by atoms with Gasteiger partial charge >= 0.3 is 0 Å². The number of nitrogens with zero attached hydrogens (tertiary/aromatic N) is 6. The van der Waals surface area contributed by atoms with Crippen LogP contribution in [0.25, 0.3) is 22.4 Å². The van der Waals surface area contributed by atoms with Gasteiger partial charge in [-0.1, -0.05) is 35.5 Å². The maximum absolute atomic E-state index is 13.3. The second-order valence-electron chi connectivity index (χ2n) is 9.43. The fourth-order valence-electron chi connectivity index (χ4n) is 4.76. The molecule has 0 bridgehead atoms. The van der Waals surface area contributed by atoms with Crippen LogP contribution >= 0.6 is 0 Å². The molecule has 1 amide bonds. The molecular weight excluding hydrogens is 454 g/mol. The average Bonchev–Trinajstić information content (AvgIpc) is 3.71. The number of carbonyl (C=O) groups excluding carboxylic acids is 1. The second kappa shape index (κ2) is 10.0. The van der Waals surface area contributed by atoms with Gasteiger partial charge in [-0.25, -0.2) is 15.0 Å². The Morgan fingerprint density at radius 2 is 1.81 bits per heavy atom. The summed E-state index contributed by atoms with van der Waals surface area (Å²) in [5.41, 5.74) is 3.52. The van der Waals surface area contributed by atoms with Crippen LogP contribution in [0.2, 0.25) is 0 Å². The van der Waals surface area contributed by atoms with Crippen molar-refractivity contribution >= 4 is 23.0 Å². The van der Waals surface area contributed by atoms with Gasteiger partial charge in [0, 0.05) is 62.3 Å². The normalized spacial score (nSPS) is 16.4. The first kappa shape index (κ1) is 22.6. The second-order valence-corrected chi connectivity index (χ2v) is 9.43. The Morgan fingerprint density at radius 3 is 2.56 bits per heavy atom. The molecule has 4 heterocycles. The number of carbonyl (C=O) groups is 1. The third-order valence-corrected chi connectivity index (χ3v) is 6.90. The van der Waals surface area contributed by atoms with Crippen LogP contribution in [0.3, 0.4) is 0 Å². The number of fused-ring (bicyclic) bond motifs is 1. The van der Waals surface area contributed by atoms with E-state index in [1.807, 2.05) is 42.5 Å². The van der Waals surface area contributed by atoms with Crippen molar-refractivity contribution in [2.75, 3.05) is 44.2 Å². The van der Waals surface area contributed by atoms with Gasteiger partial charge in [-0.3, -0.25) is 9.69 Å². The van der Waals surface area contributed by atoms with E-state index in [4.69, 9.17) is 4.52 Å². The van der Waals surface area contributed by atoms with Crippen molar-refractivity contribution in [3.05, 3.63) is 66.1 Å². The van der Waals surface area contributed by atoms with E-state index in [1.54, 1.807) is 12.4 Å². The third-order valence-electron chi connectivity index (χ3n) is 6.90. The predicted octanol–water partition coefficient (Wildman–Crippen LogP) is 3.50. The number of hydrogen-bond donors (Lipinski definition) is 1. The van der Waals surface area contributed by atoms with E-state index in [-0.39, 0.29) is 5.91 Å². The summed E-state index contributed by atoms with van der Waals surface area (Å²) >= 11 is 0. The van der Waals surface area contributed by atoms with Crippen LogP contribution in [0.15, 0.2) is 59.4 Å². The van der Waals surface area contributed by atoms with Crippen molar-refractivity contribution in [1.82, 2.24) is 30.3 Å². The van der Waals surface area contributed by atoms with Gasteiger partial charge in [0.05, 0.1) is 10.9 Å². The molecule has 0 spiro atoms. The summed E-state index contributed by atoms with van der Waals surface area (Å²) in [5.74, 6) is 1.10. The van der Waals surface area contributed by atoms with Crippen molar-refractivity contribution < 1.29 is 9.32 Å². The van der Waals surface area contributed by atoms with Crippen LogP contribution < -0.4 is 10.2 Å². The number of rotatable bonds is 8. The Kier molecular flexibility index (Phi) is 6.29. The molecule has 1 aliphatic heterocycles. The summed E-state index contributed by atoms with van der Waals surface area (Å²) in [7, 11) is 0. The van der Waals surface area contributed by atoms with E-state index in [0.717, 1.165) is 69.2 Å². The number of pyridine rings is 1. The molecule has 2 aliphatic rings. The summed E-state index contributed by atoms with van der Waals surface area (Å²) in [5, 5.41) is 8.09. The lowest BCUT2D eigenvalue weighted by Crippen LogP contribution is -2.47. The molecule has 9 nitrogen and oxygen atoms in total. The SMILES string of the molecule is O=C(NCCCN1CCN(c2ncccn2)CC1)c1cc(C2CC2)nc2onc(-c3ccccc3)c12. The Balaban J connectivity index is 1.09. The number of benzene rings is 1. The molecule has 1 aliphatic carbocycles. The van der Waals surface area contributed by atoms with E-state index in [9.17, 15) is 4.79 Å².